The maximum Gasteiger partial charge on any atom is 0.327 e. The van der Waals surface area contributed by atoms with Crippen LogP contribution in [0.1, 0.15) is 13.8 Å². The summed E-state index contributed by atoms with van der Waals surface area (Å²) in [7, 11) is 0. The van der Waals surface area contributed by atoms with Gasteiger partial charge >= 0.3 is 5.97 Å². The summed E-state index contributed by atoms with van der Waals surface area (Å²) in [6, 6.07) is -1.08. The van der Waals surface area contributed by atoms with E-state index in [1.54, 1.807) is 13.8 Å². The fraction of sp³-hybridized carbons (Fsp3) is 0.444. The van der Waals surface area contributed by atoms with Gasteiger partial charge in [0.1, 0.15) is 6.04 Å². The van der Waals surface area contributed by atoms with Crippen molar-refractivity contribution in [2.24, 2.45) is 5.92 Å². The highest BCUT2D eigenvalue weighted by Crippen LogP contribution is 2.16. The largest absolute Gasteiger partial charge is 0.480 e. The number of hydrogen-bond acceptors (Lipinski definition) is 3. The number of amides is 2. The van der Waals surface area contributed by atoms with E-state index < -0.39 is 23.8 Å². The molecule has 1 heterocycles. The van der Waals surface area contributed by atoms with Crippen molar-refractivity contribution in [2.45, 2.75) is 19.9 Å². The molecule has 0 saturated heterocycles. The van der Waals surface area contributed by atoms with Crippen molar-refractivity contribution in [2.75, 3.05) is 0 Å². The molecule has 5 nitrogen and oxygen atoms in total. The molecule has 0 aromatic heterocycles. The van der Waals surface area contributed by atoms with Crippen molar-refractivity contribution >= 4 is 17.8 Å². The second kappa shape index (κ2) is 3.61. The van der Waals surface area contributed by atoms with Crippen molar-refractivity contribution in [1.82, 2.24) is 4.90 Å². The molecule has 1 rings (SSSR count). The zero-order valence-electron chi connectivity index (χ0n) is 7.93. The molecular weight excluding hydrogens is 186 g/mol. The first-order chi connectivity index (χ1) is 6.45. The summed E-state index contributed by atoms with van der Waals surface area (Å²) in [6.45, 7) is 3.30. The van der Waals surface area contributed by atoms with Crippen LogP contribution in [0.4, 0.5) is 0 Å². The third-order valence-electron chi connectivity index (χ3n) is 2.01. The third-order valence-corrected chi connectivity index (χ3v) is 2.01. The zero-order valence-corrected chi connectivity index (χ0v) is 7.93. The van der Waals surface area contributed by atoms with Crippen LogP contribution in [0.3, 0.4) is 0 Å². The molecule has 0 aliphatic carbocycles. The molecule has 1 N–H and O–H groups in total. The van der Waals surface area contributed by atoms with E-state index in [1.165, 1.54) is 0 Å². The molecule has 76 valence electrons. The number of aliphatic carboxylic acids is 1. The predicted molar refractivity (Wildman–Crippen MR) is 47.3 cm³/mol. The van der Waals surface area contributed by atoms with Crippen LogP contribution < -0.4 is 0 Å². The number of carbonyl (C=O) groups excluding carboxylic acids is 2. The topological polar surface area (TPSA) is 74.7 Å². The van der Waals surface area contributed by atoms with Crippen LogP contribution in [0.15, 0.2) is 12.2 Å². The summed E-state index contributed by atoms with van der Waals surface area (Å²) >= 11 is 0. The Morgan fingerprint density at radius 2 is 1.71 bits per heavy atom. The Morgan fingerprint density at radius 1 is 1.29 bits per heavy atom. The molecule has 0 spiro atoms. The Kier molecular flexibility index (Phi) is 2.69. The van der Waals surface area contributed by atoms with Crippen LogP contribution in [0.25, 0.3) is 0 Å². The minimum atomic E-state index is -1.16. The molecule has 14 heavy (non-hydrogen) atoms. The summed E-state index contributed by atoms with van der Waals surface area (Å²) in [6.07, 6.45) is 2.17. The first-order valence-corrected chi connectivity index (χ1v) is 4.23. The van der Waals surface area contributed by atoms with Gasteiger partial charge in [0.15, 0.2) is 0 Å². The Balaban J connectivity index is 2.95. The minimum Gasteiger partial charge on any atom is -0.480 e. The molecule has 1 unspecified atom stereocenters. The number of carboxylic acid groups (broad SMARTS) is 1. The van der Waals surface area contributed by atoms with Gasteiger partial charge in [0.25, 0.3) is 11.8 Å². The highest BCUT2D eigenvalue weighted by atomic mass is 16.4. The molecule has 0 bridgehead atoms. The molecule has 0 fully saturated rings. The highest BCUT2D eigenvalue weighted by Gasteiger charge is 2.37. The normalized spacial score (nSPS) is 18.1. The van der Waals surface area contributed by atoms with E-state index in [0.29, 0.717) is 0 Å². The standard InChI is InChI=1S/C9H11NO4/c1-5(2)8(9(13)14)10-6(11)3-4-7(10)12/h3-5,8H,1-2H3,(H,13,14). The van der Waals surface area contributed by atoms with Crippen LogP contribution >= 0.6 is 0 Å². The Bertz CT molecular complexity index is 301. The lowest BCUT2D eigenvalue weighted by atomic mass is 10.0. The predicted octanol–water partition coefficient (Wildman–Crippen LogP) is 0.0206. The number of nitrogens with zero attached hydrogens (tertiary/aromatic N) is 1. The Hall–Kier alpha value is -1.65. The van der Waals surface area contributed by atoms with Crippen molar-refractivity contribution in [3.8, 4) is 0 Å². The lowest BCUT2D eigenvalue weighted by Gasteiger charge is -2.25. The summed E-state index contributed by atoms with van der Waals surface area (Å²) in [5.74, 6) is -2.59. The van der Waals surface area contributed by atoms with Gasteiger partial charge in [-0.25, -0.2) is 4.79 Å². The van der Waals surface area contributed by atoms with Crippen LogP contribution in [-0.4, -0.2) is 33.8 Å². The zero-order chi connectivity index (χ0) is 10.9. The van der Waals surface area contributed by atoms with Crippen LogP contribution in [0.2, 0.25) is 0 Å². The van der Waals surface area contributed by atoms with E-state index in [4.69, 9.17) is 5.11 Å². The maximum absolute atomic E-state index is 11.2. The third kappa shape index (κ3) is 1.66. The Morgan fingerprint density at radius 3 is 2.00 bits per heavy atom. The van der Waals surface area contributed by atoms with Crippen molar-refractivity contribution < 1.29 is 19.5 Å². The van der Waals surface area contributed by atoms with E-state index >= 15 is 0 Å². The fourth-order valence-corrected chi connectivity index (χ4v) is 1.38. The quantitative estimate of drug-likeness (QED) is 0.647. The Labute approximate surface area is 81.0 Å². The average molecular weight is 197 g/mol. The van der Waals surface area contributed by atoms with E-state index in [2.05, 4.69) is 0 Å². The van der Waals surface area contributed by atoms with E-state index in [0.717, 1.165) is 17.1 Å². The van der Waals surface area contributed by atoms with Crippen LogP contribution in [0, 0.1) is 5.92 Å². The average Bonchev–Trinajstić information content (AvgIpc) is 2.34. The number of rotatable bonds is 3. The van der Waals surface area contributed by atoms with Gasteiger partial charge in [-0.2, -0.15) is 0 Å². The molecule has 2 amide bonds. The van der Waals surface area contributed by atoms with Gasteiger partial charge in [-0.1, -0.05) is 13.8 Å². The summed E-state index contributed by atoms with van der Waals surface area (Å²) in [5.41, 5.74) is 0. The van der Waals surface area contributed by atoms with Gasteiger partial charge in [-0.3, -0.25) is 14.5 Å². The molecular formula is C9H11NO4. The first kappa shape index (κ1) is 10.4. The minimum absolute atomic E-state index is 0.305. The molecule has 5 heteroatoms. The molecule has 0 radical (unpaired) electrons. The van der Waals surface area contributed by atoms with Gasteiger partial charge < -0.3 is 5.11 Å². The van der Waals surface area contributed by atoms with Gasteiger partial charge in [0.05, 0.1) is 0 Å². The molecule has 0 aromatic rings. The van der Waals surface area contributed by atoms with Gasteiger partial charge in [0, 0.05) is 12.2 Å². The molecule has 0 aromatic carbocycles. The monoisotopic (exact) mass is 197 g/mol. The smallest absolute Gasteiger partial charge is 0.327 e. The SMILES string of the molecule is CC(C)C(C(=O)O)N1C(=O)C=CC1=O. The van der Waals surface area contributed by atoms with Crippen LogP contribution in [0.5, 0.6) is 0 Å². The summed E-state index contributed by atoms with van der Waals surface area (Å²) in [4.78, 5) is 34.0. The number of hydrogen-bond donors (Lipinski definition) is 1. The van der Waals surface area contributed by atoms with Crippen molar-refractivity contribution in [3.05, 3.63) is 12.2 Å². The maximum atomic E-state index is 11.2. The van der Waals surface area contributed by atoms with Crippen molar-refractivity contribution in [1.29, 1.82) is 0 Å². The number of imide groups is 1. The van der Waals surface area contributed by atoms with Crippen molar-refractivity contribution in [3.63, 3.8) is 0 Å². The first-order valence-electron chi connectivity index (χ1n) is 4.23. The lowest BCUT2D eigenvalue weighted by molar-refractivity contribution is -0.155. The molecule has 1 atom stereocenters. The molecule has 0 saturated carbocycles. The lowest BCUT2D eigenvalue weighted by Crippen LogP contribution is -2.47. The highest BCUT2D eigenvalue weighted by molar-refractivity contribution is 6.14. The van der Waals surface area contributed by atoms with Gasteiger partial charge in [0.2, 0.25) is 0 Å². The summed E-state index contributed by atoms with van der Waals surface area (Å²) in [5, 5.41) is 8.87. The van der Waals surface area contributed by atoms with E-state index in [-0.39, 0.29) is 5.92 Å². The summed E-state index contributed by atoms with van der Waals surface area (Å²) < 4.78 is 0. The van der Waals surface area contributed by atoms with E-state index in [1.807, 2.05) is 0 Å². The van der Waals surface area contributed by atoms with Gasteiger partial charge in [-0.15, -0.1) is 0 Å². The fourth-order valence-electron chi connectivity index (χ4n) is 1.38. The van der Waals surface area contributed by atoms with Crippen LogP contribution in [-0.2, 0) is 14.4 Å². The van der Waals surface area contributed by atoms with E-state index in [9.17, 15) is 14.4 Å². The second-order valence-corrected chi connectivity index (χ2v) is 3.41. The molecule has 1 aliphatic heterocycles. The second-order valence-electron chi connectivity index (χ2n) is 3.41. The van der Waals surface area contributed by atoms with Gasteiger partial charge in [-0.05, 0) is 5.92 Å². The number of carbonyl (C=O) groups is 3. The number of carboxylic acids is 1. The molecule has 1 aliphatic rings.